The number of hydrogen-bond donors (Lipinski definition) is 3. The Balaban J connectivity index is 2.49. The topological polar surface area (TPSA) is 69.8 Å². The lowest BCUT2D eigenvalue weighted by Crippen LogP contribution is -2.18. The lowest BCUT2D eigenvalue weighted by Gasteiger charge is -1.96. The summed E-state index contributed by atoms with van der Waals surface area (Å²) in [6.45, 7) is 0. The molecule has 0 spiro atoms. The van der Waals surface area contributed by atoms with Gasteiger partial charge in [0.2, 0.25) is 6.41 Å². The summed E-state index contributed by atoms with van der Waals surface area (Å²) < 4.78 is 0.614. The lowest BCUT2D eigenvalue weighted by atomic mass is 10.8. The van der Waals surface area contributed by atoms with E-state index >= 15 is 0 Å². The molecule has 0 atom stereocenters. The molecule has 0 saturated carbocycles. The Hall–Kier alpha value is -1.04. The molecule has 1 amide bonds. The molecule has 0 bridgehead atoms. The van der Waals surface area contributed by atoms with Crippen molar-refractivity contribution in [1.82, 2.24) is 15.4 Å². The van der Waals surface area contributed by atoms with Gasteiger partial charge in [0.25, 0.3) is 0 Å². The highest BCUT2D eigenvalue weighted by atomic mass is 79.9. The highest BCUT2D eigenvalue weighted by molar-refractivity contribution is 9.10. The fourth-order valence-corrected chi connectivity index (χ4v) is 0.784. The third kappa shape index (κ3) is 1.73. The van der Waals surface area contributed by atoms with Gasteiger partial charge in [0.1, 0.15) is 5.82 Å². The standard InChI is InChI=1S/C4H5BrN4O/c5-4-6-1-3(8-4)9-7-2-10/h1-2,9H,(H,6,8)(H,7,10). The van der Waals surface area contributed by atoms with Crippen LogP contribution in [0.5, 0.6) is 0 Å². The molecule has 0 fully saturated rings. The van der Waals surface area contributed by atoms with Crippen molar-refractivity contribution in [2.45, 2.75) is 0 Å². The molecule has 0 saturated heterocycles. The van der Waals surface area contributed by atoms with E-state index in [1.807, 2.05) is 0 Å². The van der Waals surface area contributed by atoms with Gasteiger partial charge in [0, 0.05) is 0 Å². The van der Waals surface area contributed by atoms with Crippen molar-refractivity contribution < 1.29 is 4.79 Å². The second-order valence-corrected chi connectivity index (χ2v) is 2.23. The maximum atomic E-state index is 9.77. The van der Waals surface area contributed by atoms with Crippen molar-refractivity contribution >= 4 is 28.2 Å². The van der Waals surface area contributed by atoms with Crippen LogP contribution < -0.4 is 10.9 Å². The molecule has 6 heteroatoms. The Kier molecular flexibility index (Phi) is 2.27. The first-order valence-corrected chi connectivity index (χ1v) is 3.28. The second kappa shape index (κ2) is 3.21. The second-order valence-electron chi connectivity index (χ2n) is 1.47. The van der Waals surface area contributed by atoms with E-state index in [2.05, 4.69) is 36.7 Å². The number of hydrazine groups is 1. The third-order valence-electron chi connectivity index (χ3n) is 0.811. The number of halogens is 1. The van der Waals surface area contributed by atoms with Crippen molar-refractivity contribution in [3.8, 4) is 0 Å². The maximum Gasteiger partial charge on any atom is 0.225 e. The first-order chi connectivity index (χ1) is 4.83. The Morgan fingerprint density at radius 3 is 3.10 bits per heavy atom. The predicted molar refractivity (Wildman–Crippen MR) is 39.1 cm³/mol. The summed E-state index contributed by atoms with van der Waals surface area (Å²) in [6, 6.07) is 0. The molecular formula is C4H5BrN4O. The normalized spacial score (nSPS) is 8.90. The van der Waals surface area contributed by atoms with E-state index < -0.39 is 0 Å². The first-order valence-electron chi connectivity index (χ1n) is 2.48. The Morgan fingerprint density at radius 2 is 2.60 bits per heavy atom. The molecule has 1 rings (SSSR count). The Labute approximate surface area is 65.3 Å². The molecule has 5 nitrogen and oxygen atoms in total. The van der Waals surface area contributed by atoms with Crippen LogP contribution in [0.1, 0.15) is 0 Å². The summed E-state index contributed by atoms with van der Waals surface area (Å²) in [6.07, 6.45) is 2.08. The van der Waals surface area contributed by atoms with E-state index in [1.54, 1.807) is 6.20 Å². The number of aromatic amines is 1. The number of aromatic nitrogens is 2. The van der Waals surface area contributed by atoms with Gasteiger partial charge in [-0.25, -0.2) is 4.98 Å². The molecular weight excluding hydrogens is 200 g/mol. The van der Waals surface area contributed by atoms with E-state index in [0.29, 0.717) is 17.0 Å². The SMILES string of the molecule is O=CNNc1cnc(Br)[nH]1. The summed E-state index contributed by atoms with van der Waals surface area (Å²) in [5, 5.41) is 0. The number of amides is 1. The molecule has 0 aliphatic heterocycles. The fraction of sp³-hybridized carbons (Fsp3) is 0. The molecule has 0 aliphatic carbocycles. The van der Waals surface area contributed by atoms with E-state index in [1.165, 1.54) is 0 Å². The summed E-state index contributed by atoms with van der Waals surface area (Å²) >= 11 is 3.10. The van der Waals surface area contributed by atoms with Gasteiger partial charge in [0.05, 0.1) is 6.20 Å². The van der Waals surface area contributed by atoms with Gasteiger partial charge in [-0.2, -0.15) is 0 Å². The third-order valence-corrected chi connectivity index (χ3v) is 1.21. The van der Waals surface area contributed by atoms with Crippen LogP contribution in [0.4, 0.5) is 5.82 Å². The molecule has 10 heavy (non-hydrogen) atoms. The largest absolute Gasteiger partial charge is 0.318 e. The first kappa shape index (κ1) is 7.07. The van der Waals surface area contributed by atoms with Crippen LogP contribution in [0.15, 0.2) is 10.9 Å². The molecule has 0 radical (unpaired) electrons. The van der Waals surface area contributed by atoms with Crippen LogP contribution in [-0.4, -0.2) is 16.4 Å². The molecule has 0 aromatic carbocycles. The number of imidazole rings is 1. The quantitative estimate of drug-likeness (QED) is 0.489. The number of H-pyrrole nitrogens is 1. The number of nitrogens with one attached hydrogen (secondary N) is 3. The van der Waals surface area contributed by atoms with Gasteiger partial charge in [-0.3, -0.25) is 15.6 Å². The summed E-state index contributed by atoms with van der Waals surface area (Å²) in [7, 11) is 0. The van der Waals surface area contributed by atoms with Crippen LogP contribution in [0, 0.1) is 0 Å². The summed E-state index contributed by atoms with van der Waals surface area (Å²) in [5.41, 5.74) is 4.80. The maximum absolute atomic E-state index is 9.77. The number of nitrogens with zero attached hydrogens (tertiary/aromatic N) is 1. The molecule has 0 unspecified atom stereocenters. The van der Waals surface area contributed by atoms with Crippen molar-refractivity contribution in [3.05, 3.63) is 10.9 Å². The molecule has 0 aliphatic rings. The van der Waals surface area contributed by atoms with E-state index in [0.717, 1.165) is 0 Å². The zero-order valence-electron chi connectivity index (χ0n) is 4.89. The van der Waals surface area contributed by atoms with E-state index in [4.69, 9.17) is 0 Å². The average Bonchev–Trinajstić information content (AvgIpc) is 2.31. The van der Waals surface area contributed by atoms with Crippen LogP contribution in [0.2, 0.25) is 0 Å². The van der Waals surface area contributed by atoms with Crippen molar-refractivity contribution in [3.63, 3.8) is 0 Å². The zero-order valence-corrected chi connectivity index (χ0v) is 6.47. The monoisotopic (exact) mass is 204 g/mol. The van der Waals surface area contributed by atoms with Crippen LogP contribution in [-0.2, 0) is 4.79 Å². The van der Waals surface area contributed by atoms with Crippen molar-refractivity contribution in [2.75, 3.05) is 5.43 Å². The Morgan fingerprint density at radius 1 is 1.80 bits per heavy atom. The molecule has 1 aromatic rings. The molecule has 1 aromatic heterocycles. The zero-order chi connectivity index (χ0) is 7.40. The van der Waals surface area contributed by atoms with Gasteiger partial charge in [-0.15, -0.1) is 0 Å². The predicted octanol–water partition coefficient (Wildman–Crippen LogP) is 0.245. The van der Waals surface area contributed by atoms with Crippen LogP contribution >= 0.6 is 15.9 Å². The van der Waals surface area contributed by atoms with Crippen LogP contribution in [0.25, 0.3) is 0 Å². The summed E-state index contributed by atoms with van der Waals surface area (Å²) in [5.74, 6) is 0.624. The number of anilines is 1. The Bertz CT molecular complexity index is 223. The summed E-state index contributed by atoms with van der Waals surface area (Å²) in [4.78, 5) is 16.4. The van der Waals surface area contributed by atoms with Crippen molar-refractivity contribution in [1.29, 1.82) is 0 Å². The molecule has 1 heterocycles. The minimum absolute atomic E-state index is 0.536. The lowest BCUT2D eigenvalue weighted by molar-refractivity contribution is -0.109. The minimum Gasteiger partial charge on any atom is -0.318 e. The van der Waals surface area contributed by atoms with E-state index in [-0.39, 0.29) is 0 Å². The molecule has 3 N–H and O–H groups in total. The highest BCUT2D eigenvalue weighted by Crippen LogP contribution is 2.06. The average molecular weight is 205 g/mol. The van der Waals surface area contributed by atoms with Gasteiger partial charge < -0.3 is 4.98 Å². The number of hydrogen-bond acceptors (Lipinski definition) is 3. The number of rotatable bonds is 3. The fourth-order valence-electron chi connectivity index (χ4n) is 0.468. The highest BCUT2D eigenvalue weighted by Gasteiger charge is 1.92. The minimum atomic E-state index is 0.536. The van der Waals surface area contributed by atoms with Gasteiger partial charge in [-0.05, 0) is 15.9 Å². The van der Waals surface area contributed by atoms with Crippen molar-refractivity contribution in [2.24, 2.45) is 0 Å². The number of carbonyl (C=O) groups excluding carboxylic acids is 1. The van der Waals surface area contributed by atoms with Gasteiger partial charge in [0.15, 0.2) is 4.73 Å². The van der Waals surface area contributed by atoms with Gasteiger partial charge >= 0.3 is 0 Å². The smallest absolute Gasteiger partial charge is 0.225 e. The van der Waals surface area contributed by atoms with Gasteiger partial charge in [-0.1, -0.05) is 0 Å². The van der Waals surface area contributed by atoms with Crippen LogP contribution in [0.3, 0.4) is 0 Å². The van der Waals surface area contributed by atoms with E-state index in [9.17, 15) is 4.79 Å². The molecule has 54 valence electrons. The number of carbonyl (C=O) groups is 1.